The number of halogens is 3. The molecule has 21 heavy (non-hydrogen) atoms. The Morgan fingerprint density at radius 1 is 1.14 bits per heavy atom. The number of hydrogen-bond donors (Lipinski definition) is 1. The van der Waals surface area contributed by atoms with Gasteiger partial charge in [0.25, 0.3) is 0 Å². The number of aryl methyl sites for hydroxylation is 1. The summed E-state index contributed by atoms with van der Waals surface area (Å²) in [6.07, 6.45) is -4.37. The van der Waals surface area contributed by atoms with Crippen molar-refractivity contribution in [3.8, 4) is 6.07 Å². The fourth-order valence-corrected chi connectivity index (χ4v) is 1.96. The first-order valence-corrected chi connectivity index (χ1v) is 6.31. The molecule has 0 radical (unpaired) electrons. The van der Waals surface area contributed by atoms with Crippen LogP contribution in [0.4, 0.5) is 18.9 Å². The smallest absolute Gasteiger partial charge is 0.381 e. The summed E-state index contributed by atoms with van der Waals surface area (Å²) in [7, 11) is 0. The molecule has 5 heteroatoms. The first-order valence-electron chi connectivity index (χ1n) is 6.31. The molecule has 0 bridgehead atoms. The summed E-state index contributed by atoms with van der Waals surface area (Å²) in [5, 5.41) is 12.0. The van der Waals surface area contributed by atoms with Crippen LogP contribution in [0.1, 0.15) is 22.3 Å². The summed E-state index contributed by atoms with van der Waals surface area (Å²) in [6.45, 7) is 2.03. The SMILES string of the molecule is Cc1ccc(C(F)(F)F)cc1NCc1ccccc1C#N. The van der Waals surface area contributed by atoms with Crippen LogP contribution in [0.2, 0.25) is 0 Å². The predicted molar refractivity (Wildman–Crippen MR) is 74.7 cm³/mol. The average Bonchev–Trinajstić information content (AvgIpc) is 2.45. The molecule has 0 aromatic heterocycles. The number of nitriles is 1. The van der Waals surface area contributed by atoms with Crippen molar-refractivity contribution in [3.05, 3.63) is 64.7 Å². The molecule has 0 amide bonds. The fraction of sp³-hybridized carbons (Fsp3) is 0.188. The number of nitrogens with one attached hydrogen (secondary N) is 1. The minimum Gasteiger partial charge on any atom is -0.381 e. The molecule has 2 rings (SSSR count). The molecule has 108 valence electrons. The van der Waals surface area contributed by atoms with Crippen molar-refractivity contribution in [2.24, 2.45) is 0 Å². The van der Waals surface area contributed by atoms with E-state index in [1.807, 2.05) is 0 Å². The molecule has 2 aromatic rings. The number of nitrogens with zero attached hydrogens (tertiary/aromatic N) is 1. The molecule has 0 unspecified atom stereocenters. The number of benzene rings is 2. The maximum atomic E-state index is 12.7. The lowest BCUT2D eigenvalue weighted by Gasteiger charge is -2.14. The van der Waals surface area contributed by atoms with E-state index in [2.05, 4.69) is 11.4 Å². The van der Waals surface area contributed by atoms with Gasteiger partial charge in [-0.15, -0.1) is 0 Å². The second-order valence-electron chi connectivity index (χ2n) is 4.65. The van der Waals surface area contributed by atoms with Crippen LogP contribution in [-0.2, 0) is 12.7 Å². The average molecular weight is 290 g/mol. The van der Waals surface area contributed by atoms with Crippen LogP contribution < -0.4 is 5.32 Å². The zero-order chi connectivity index (χ0) is 15.5. The van der Waals surface area contributed by atoms with Crippen LogP contribution >= 0.6 is 0 Å². The van der Waals surface area contributed by atoms with Crippen molar-refractivity contribution in [2.75, 3.05) is 5.32 Å². The lowest BCUT2D eigenvalue weighted by Crippen LogP contribution is -2.08. The molecule has 0 aliphatic carbocycles. The van der Waals surface area contributed by atoms with Crippen LogP contribution in [0.15, 0.2) is 42.5 Å². The molecule has 0 atom stereocenters. The molecular weight excluding hydrogens is 277 g/mol. The standard InChI is InChI=1S/C16H13F3N2/c1-11-6-7-14(16(17,18)19)8-15(11)21-10-13-5-3-2-4-12(13)9-20/h2-8,21H,10H2,1H3. The zero-order valence-corrected chi connectivity index (χ0v) is 11.3. The Bertz CT molecular complexity index is 685. The largest absolute Gasteiger partial charge is 0.416 e. The van der Waals surface area contributed by atoms with Crippen molar-refractivity contribution >= 4 is 5.69 Å². The van der Waals surface area contributed by atoms with E-state index in [9.17, 15) is 13.2 Å². The summed E-state index contributed by atoms with van der Waals surface area (Å²) in [5.41, 5.74) is 1.70. The van der Waals surface area contributed by atoms with E-state index in [0.717, 1.165) is 23.3 Å². The molecule has 0 saturated heterocycles. The Morgan fingerprint density at radius 2 is 1.86 bits per heavy atom. The molecule has 2 aromatic carbocycles. The molecular formula is C16H13F3N2. The molecule has 0 aliphatic heterocycles. The van der Waals surface area contributed by atoms with Crippen molar-refractivity contribution in [1.29, 1.82) is 5.26 Å². The summed E-state index contributed by atoms with van der Waals surface area (Å²) in [5.74, 6) is 0. The highest BCUT2D eigenvalue weighted by atomic mass is 19.4. The summed E-state index contributed by atoms with van der Waals surface area (Å²) in [6, 6.07) is 12.6. The van der Waals surface area contributed by atoms with Gasteiger partial charge in [0.05, 0.1) is 17.2 Å². The van der Waals surface area contributed by atoms with Crippen LogP contribution in [0.3, 0.4) is 0 Å². The Balaban J connectivity index is 2.22. The van der Waals surface area contributed by atoms with E-state index in [0.29, 0.717) is 17.8 Å². The van der Waals surface area contributed by atoms with Gasteiger partial charge in [-0.1, -0.05) is 24.3 Å². The maximum absolute atomic E-state index is 12.7. The first kappa shape index (κ1) is 14.9. The highest BCUT2D eigenvalue weighted by molar-refractivity contribution is 5.54. The lowest BCUT2D eigenvalue weighted by molar-refractivity contribution is -0.137. The Morgan fingerprint density at radius 3 is 2.52 bits per heavy atom. The molecule has 0 aliphatic rings. The van der Waals surface area contributed by atoms with Gasteiger partial charge in [0.2, 0.25) is 0 Å². The van der Waals surface area contributed by atoms with E-state index in [-0.39, 0.29) is 0 Å². The van der Waals surface area contributed by atoms with Crippen LogP contribution in [-0.4, -0.2) is 0 Å². The number of alkyl halides is 3. The zero-order valence-electron chi connectivity index (χ0n) is 11.3. The minimum absolute atomic E-state index is 0.298. The third-order valence-electron chi connectivity index (χ3n) is 3.17. The number of rotatable bonds is 3. The molecule has 0 spiro atoms. The van der Waals surface area contributed by atoms with Gasteiger partial charge in [-0.25, -0.2) is 0 Å². The van der Waals surface area contributed by atoms with Crippen molar-refractivity contribution in [1.82, 2.24) is 0 Å². The monoisotopic (exact) mass is 290 g/mol. The lowest BCUT2D eigenvalue weighted by atomic mass is 10.1. The van der Waals surface area contributed by atoms with Gasteiger partial charge in [-0.3, -0.25) is 0 Å². The first-order chi connectivity index (χ1) is 9.91. The van der Waals surface area contributed by atoms with Crippen LogP contribution in [0.5, 0.6) is 0 Å². The number of anilines is 1. The van der Waals surface area contributed by atoms with Crippen molar-refractivity contribution in [3.63, 3.8) is 0 Å². The molecule has 1 N–H and O–H groups in total. The van der Waals surface area contributed by atoms with E-state index < -0.39 is 11.7 Å². The predicted octanol–water partition coefficient (Wildman–Crippen LogP) is 4.50. The van der Waals surface area contributed by atoms with E-state index in [1.54, 1.807) is 31.2 Å². The summed E-state index contributed by atoms with van der Waals surface area (Å²) >= 11 is 0. The Kier molecular flexibility index (Phi) is 4.18. The van der Waals surface area contributed by atoms with Gasteiger partial charge >= 0.3 is 6.18 Å². The van der Waals surface area contributed by atoms with Gasteiger partial charge in [-0.05, 0) is 36.2 Å². The third-order valence-corrected chi connectivity index (χ3v) is 3.17. The normalized spacial score (nSPS) is 11.0. The second-order valence-corrected chi connectivity index (χ2v) is 4.65. The van der Waals surface area contributed by atoms with Gasteiger partial charge in [0, 0.05) is 12.2 Å². The van der Waals surface area contributed by atoms with E-state index in [1.165, 1.54) is 6.07 Å². The summed E-state index contributed by atoms with van der Waals surface area (Å²) < 4.78 is 38.1. The molecule has 0 fully saturated rings. The van der Waals surface area contributed by atoms with Gasteiger partial charge in [0.1, 0.15) is 0 Å². The molecule has 0 saturated carbocycles. The fourth-order valence-electron chi connectivity index (χ4n) is 1.96. The van der Waals surface area contributed by atoms with Crippen molar-refractivity contribution < 1.29 is 13.2 Å². The van der Waals surface area contributed by atoms with E-state index in [4.69, 9.17) is 5.26 Å². The number of hydrogen-bond acceptors (Lipinski definition) is 2. The van der Waals surface area contributed by atoms with Crippen LogP contribution in [0.25, 0.3) is 0 Å². The van der Waals surface area contributed by atoms with Gasteiger partial charge < -0.3 is 5.32 Å². The van der Waals surface area contributed by atoms with Crippen molar-refractivity contribution in [2.45, 2.75) is 19.6 Å². The van der Waals surface area contributed by atoms with E-state index >= 15 is 0 Å². The Hall–Kier alpha value is -2.48. The van der Waals surface area contributed by atoms with Gasteiger partial charge in [-0.2, -0.15) is 18.4 Å². The highest BCUT2D eigenvalue weighted by Crippen LogP contribution is 2.32. The topological polar surface area (TPSA) is 35.8 Å². The Labute approximate surface area is 120 Å². The highest BCUT2D eigenvalue weighted by Gasteiger charge is 2.30. The third kappa shape index (κ3) is 3.54. The summed E-state index contributed by atoms with van der Waals surface area (Å²) in [4.78, 5) is 0. The maximum Gasteiger partial charge on any atom is 0.416 e. The van der Waals surface area contributed by atoms with Gasteiger partial charge in [0.15, 0.2) is 0 Å². The molecule has 2 nitrogen and oxygen atoms in total. The quantitative estimate of drug-likeness (QED) is 0.903. The van der Waals surface area contributed by atoms with Crippen LogP contribution in [0, 0.1) is 18.3 Å². The molecule has 0 heterocycles. The second kappa shape index (κ2) is 5.88. The minimum atomic E-state index is -4.37.